The Morgan fingerprint density at radius 2 is 1.02 bits per heavy atom. The van der Waals surface area contributed by atoms with Crippen LogP contribution in [0, 0.1) is 13.8 Å². The smallest absolute Gasteiger partial charge is 0.142 e. The van der Waals surface area contributed by atoms with Gasteiger partial charge in [-0.25, -0.2) is 4.98 Å². The largest absolute Gasteiger partial charge is 0.507 e. The van der Waals surface area contributed by atoms with Gasteiger partial charge < -0.3 is 13.9 Å². The van der Waals surface area contributed by atoms with Crippen LogP contribution in [0.3, 0.4) is 0 Å². The molecule has 10 aromatic rings. The van der Waals surface area contributed by atoms with Gasteiger partial charge in [-0.1, -0.05) is 109 Å². The van der Waals surface area contributed by atoms with Gasteiger partial charge in [0.05, 0.1) is 17.1 Å². The van der Waals surface area contributed by atoms with E-state index in [1.165, 1.54) is 0 Å². The molecule has 4 heterocycles. The van der Waals surface area contributed by atoms with Crippen molar-refractivity contribution in [3.05, 3.63) is 175 Å². The molecule has 1 N–H and O–H groups in total. The predicted octanol–water partition coefficient (Wildman–Crippen LogP) is 13.4. The number of phenols is 1. The number of aromatic nitrogens is 2. The molecule has 0 saturated heterocycles. The summed E-state index contributed by atoms with van der Waals surface area (Å²) < 4.78 is 13.1. The molecule has 5 heteroatoms. The van der Waals surface area contributed by atoms with Gasteiger partial charge >= 0.3 is 0 Å². The Morgan fingerprint density at radius 1 is 0.400 bits per heavy atom. The molecule has 0 radical (unpaired) electrons. The summed E-state index contributed by atoms with van der Waals surface area (Å²) in [5.74, 6) is 1.82. The quantitative estimate of drug-likeness (QED) is 0.186. The molecule has 0 fully saturated rings. The molecule has 5 nitrogen and oxygen atoms in total. The van der Waals surface area contributed by atoms with Gasteiger partial charge in [0.1, 0.15) is 28.4 Å². The van der Waals surface area contributed by atoms with E-state index >= 15 is 0 Å². The molecule has 262 valence electrons. The van der Waals surface area contributed by atoms with Crippen LogP contribution in [0.4, 0.5) is 0 Å². The minimum absolute atomic E-state index is 0.236. The molecule has 10 rings (SSSR count). The average molecular weight is 711 g/mol. The van der Waals surface area contributed by atoms with E-state index in [-0.39, 0.29) is 5.75 Å². The number of pyridine rings is 2. The summed E-state index contributed by atoms with van der Waals surface area (Å²) in [5.41, 5.74) is 12.3. The second kappa shape index (κ2) is 13.0. The normalized spacial score (nSPS) is 11.5. The average Bonchev–Trinajstić information content (AvgIpc) is 3.80. The third kappa shape index (κ3) is 5.74. The highest BCUT2D eigenvalue weighted by Crippen LogP contribution is 2.42. The molecule has 0 aliphatic rings. The summed E-state index contributed by atoms with van der Waals surface area (Å²) in [7, 11) is 0. The number of hydrogen-bond donors (Lipinski definition) is 1. The molecule has 0 atom stereocenters. The molecule has 0 aliphatic heterocycles. The lowest BCUT2D eigenvalue weighted by molar-refractivity contribution is 0.473. The third-order valence-corrected chi connectivity index (χ3v) is 10.4. The number of para-hydroxylation sites is 2. The Morgan fingerprint density at radius 3 is 1.82 bits per heavy atom. The molecular formula is C50H34N2O3. The van der Waals surface area contributed by atoms with E-state index in [4.69, 9.17) is 18.8 Å². The van der Waals surface area contributed by atoms with Crippen LogP contribution in [-0.4, -0.2) is 15.1 Å². The molecule has 55 heavy (non-hydrogen) atoms. The van der Waals surface area contributed by atoms with Crippen LogP contribution in [0.15, 0.2) is 173 Å². The molecule has 0 bridgehead atoms. The number of aryl methyl sites for hydroxylation is 2. The summed E-state index contributed by atoms with van der Waals surface area (Å²) in [6.07, 6.45) is 0. The maximum absolute atomic E-state index is 11.1. The van der Waals surface area contributed by atoms with Gasteiger partial charge in [-0.3, -0.25) is 4.98 Å². The van der Waals surface area contributed by atoms with Crippen molar-refractivity contribution in [2.24, 2.45) is 0 Å². The zero-order chi connectivity index (χ0) is 37.0. The van der Waals surface area contributed by atoms with E-state index in [1.807, 2.05) is 92.7 Å². The van der Waals surface area contributed by atoms with Crippen LogP contribution < -0.4 is 0 Å². The fraction of sp³-hybridized carbons (Fsp3) is 0.0400. The van der Waals surface area contributed by atoms with Crippen molar-refractivity contribution >= 4 is 32.7 Å². The van der Waals surface area contributed by atoms with Crippen LogP contribution in [-0.2, 0) is 0 Å². The van der Waals surface area contributed by atoms with Crippen molar-refractivity contribution in [1.29, 1.82) is 0 Å². The molecular weight excluding hydrogens is 677 g/mol. The van der Waals surface area contributed by atoms with Crippen molar-refractivity contribution in [2.45, 2.75) is 13.8 Å². The Hall–Kier alpha value is -7.24. The fourth-order valence-corrected chi connectivity index (χ4v) is 7.65. The lowest BCUT2D eigenvalue weighted by Gasteiger charge is -2.13. The highest BCUT2D eigenvalue weighted by atomic mass is 16.3. The zero-order valence-electron chi connectivity index (χ0n) is 30.2. The van der Waals surface area contributed by atoms with Gasteiger partial charge in [0, 0.05) is 55.1 Å². The van der Waals surface area contributed by atoms with Gasteiger partial charge in [0.15, 0.2) is 0 Å². The summed E-state index contributed by atoms with van der Waals surface area (Å²) in [6.45, 7) is 3.92. The maximum Gasteiger partial charge on any atom is 0.142 e. The van der Waals surface area contributed by atoms with E-state index in [1.54, 1.807) is 0 Å². The van der Waals surface area contributed by atoms with Gasteiger partial charge in [0.2, 0.25) is 0 Å². The minimum atomic E-state index is 0.236. The summed E-state index contributed by atoms with van der Waals surface area (Å²) in [4.78, 5) is 10.1. The summed E-state index contributed by atoms with van der Waals surface area (Å²) in [5, 5.41) is 15.3. The number of phenolic OH excluding ortho intramolecular Hbond substituents is 1. The van der Waals surface area contributed by atoms with Crippen molar-refractivity contribution < 1.29 is 13.9 Å². The third-order valence-electron chi connectivity index (χ3n) is 10.4. The maximum atomic E-state index is 11.1. The van der Waals surface area contributed by atoms with Gasteiger partial charge in [-0.05, 0) is 85.1 Å². The van der Waals surface area contributed by atoms with E-state index < -0.39 is 0 Å². The second-order valence-electron chi connectivity index (χ2n) is 14.0. The van der Waals surface area contributed by atoms with Gasteiger partial charge in [-0.15, -0.1) is 0 Å². The number of fused-ring (bicyclic) bond motifs is 4. The van der Waals surface area contributed by atoms with Crippen LogP contribution in [0.5, 0.6) is 5.75 Å². The number of benzene rings is 6. The van der Waals surface area contributed by atoms with Crippen molar-refractivity contribution in [2.75, 3.05) is 0 Å². The topological polar surface area (TPSA) is 72.3 Å². The lowest BCUT2D eigenvalue weighted by atomic mass is 9.97. The molecule has 0 spiro atoms. The van der Waals surface area contributed by atoms with Crippen LogP contribution in [0.1, 0.15) is 11.3 Å². The van der Waals surface area contributed by atoms with Crippen LogP contribution >= 0.6 is 0 Å². The number of aromatic hydroxyl groups is 1. The summed E-state index contributed by atoms with van der Waals surface area (Å²) in [6, 6.07) is 55.5. The molecule has 6 aromatic carbocycles. The molecule has 4 aromatic heterocycles. The van der Waals surface area contributed by atoms with Crippen molar-refractivity contribution in [1.82, 2.24) is 9.97 Å². The predicted molar refractivity (Wildman–Crippen MR) is 223 cm³/mol. The SMILES string of the molecule is Cc1cc(-c2oc(-c3ccc4c(c3)oc3ccccc34)c3ccccc23)cc(-c2cccc(-c3cc(-c4ccccc4)cc(-c4cccc(C)c4O)n3)c2)n1. The zero-order valence-corrected chi connectivity index (χ0v) is 30.2. The van der Waals surface area contributed by atoms with Gasteiger partial charge in [0.25, 0.3) is 0 Å². The van der Waals surface area contributed by atoms with Crippen LogP contribution in [0.2, 0.25) is 0 Å². The number of rotatable bonds is 6. The Kier molecular flexibility index (Phi) is 7.67. The number of furan rings is 2. The first kappa shape index (κ1) is 32.4. The molecule has 0 aliphatic carbocycles. The lowest BCUT2D eigenvalue weighted by Crippen LogP contribution is -1.93. The van der Waals surface area contributed by atoms with E-state index in [2.05, 4.69) is 84.9 Å². The monoisotopic (exact) mass is 710 g/mol. The molecule has 0 amide bonds. The summed E-state index contributed by atoms with van der Waals surface area (Å²) >= 11 is 0. The van der Waals surface area contributed by atoms with Crippen molar-refractivity contribution in [3.8, 4) is 73.3 Å². The first-order valence-corrected chi connectivity index (χ1v) is 18.4. The van der Waals surface area contributed by atoms with E-state index in [0.29, 0.717) is 11.3 Å². The highest BCUT2D eigenvalue weighted by Gasteiger charge is 2.20. The Labute approximate surface area is 317 Å². The minimum Gasteiger partial charge on any atom is -0.507 e. The fourth-order valence-electron chi connectivity index (χ4n) is 7.65. The standard InChI is InChI=1S/C50H34N2O3/c1-30-12-10-20-42(48(30)53)45-27-36(32-13-4-3-5-14-32)26-44(52-45)34-16-11-15-33(25-34)43-28-37(24-31(2)51-43)50-41-19-7-6-18-40(41)49(55-50)35-22-23-39-38-17-8-9-21-46(38)54-47(39)29-35/h3-29,53H,1-2H3. The molecule has 0 unspecified atom stereocenters. The van der Waals surface area contributed by atoms with Gasteiger partial charge in [-0.2, -0.15) is 0 Å². The van der Waals surface area contributed by atoms with Crippen molar-refractivity contribution in [3.63, 3.8) is 0 Å². The van der Waals surface area contributed by atoms with E-state index in [0.717, 1.165) is 100 Å². The Balaban J connectivity index is 1.07. The van der Waals surface area contributed by atoms with E-state index in [9.17, 15) is 5.11 Å². The Bertz CT molecular complexity index is 3080. The first-order chi connectivity index (χ1) is 27.0. The highest BCUT2D eigenvalue weighted by molar-refractivity contribution is 6.08. The number of nitrogens with zero attached hydrogens (tertiary/aromatic N) is 2. The first-order valence-electron chi connectivity index (χ1n) is 18.4. The van der Waals surface area contributed by atoms with Crippen LogP contribution in [0.25, 0.3) is 100 Å². The molecule has 0 saturated carbocycles. The number of hydrogen-bond acceptors (Lipinski definition) is 5. The second-order valence-corrected chi connectivity index (χ2v) is 14.0.